The highest BCUT2D eigenvalue weighted by Crippen LogP contribution is 2.31. The minimum absolute atomic E-state index is 0.0166. The van der Waals surface area contributed by atoms with Gasteiger partial charge in [0, 0.05) is 11.8 Å². The van der Waals surface area contributed by atoms with Crippen LogP contribution in [-0.4, -0.2) is 24.1 Å². The molecule has 0 amide bonds. The average molecular weight is 335 g/mol. The molecule has 0 fully saturated rings. The van der Waals surface area contributed by atoms with Crippen molar-refractivity contribution in [1.29, 1.82) is 0 Å². The van der Waals surface area contributed by atoms with E-state index in [0.717, 1.165) is 21.6 Å². The fourth-order valence-corrected chi connectivity index (χ4v) is 4.17. The zero-order valence-electron chi connectivity index (χ0n) is 12.0. The zero-order chi connectivity index (χ0) is 15.9. The molecule has 0 unspecified atom stereocenters. The minimum atomic E-state index is -3.41. The summed E-state index contributed by atoms with van der Waals surface area (Å²) in [6, 6.07) is 4.89. The van der Waals surface area contributed by atoms with E-state index in [9.17, 15) is 13.6 Å². The second-order valence-electron chi connectivity index (χ2n) is 4.81. The molecule has 114 valence electrons. The Morgan fingerprint density at radius 3 is 2.91 bits per heavy atom. The van der Waals surface area contributed by atoms with Gasteiger partial charge in [0.1, 0.15) is 16.2 Å². The molecule has 3 rings (SSSR count). The molecule has 0 spiro atoms. The molecule has 3 aromatic heterocycles. The first-order valence-electron chi connectivity index (χ1n) is 6.61. The SMILES string of the molecule is CCS(=O)(=O)c1cccnc1-c1nc2cc(C)c[n+]([O-])c2s1. The number of aryl methyl sites for hydroxylation is 1. The van der Waals surface area contributed by atoms with Crippen molar-refractivity contribution < 1.29 is 13.1 Å². The summed E-state index contributed by atoms with van der Waals surface area (Å²) in [7, 11) is -3.41. The molecule has 0 bridgehead atoms. The summed E-state index contributed by atoms with van der Waals surface area (Å²) in [4.78, 5) is 9.13. The molecule has 0 radical (unpaired) electrons. The Hall–Kier alpha value is -2.06. The first-order chi connectivity index (χ1) is 10.4. The third kappa shape index (κ3) is 2.44. The summed E-state index contributed by atoms with van der Waals surface area (Å²) >= 11 is 1.14. The zero-order valence-corrected chi connectivity index (χ0v) is 13.6. The molecular weight excluding hydrogens is 322 g/mol. The summed E-state index contributed by atoms with van der Waals surface area (Å²) in [5.74, 6) is -0.0166. The van der Waals surface area contributed by atoms with E-state index >= 15 is 0 Å². The van der Waals surface area contributed by atoms with Crippen LogP contribution in [0.5, 0.6) is 0 Å². The van der Waals surface area contributed by atoms with Crippen molar-refractivity contribution in [3.8, 4) is 10.7 Å². The summed E-state index contributed by atoms with van der Waals surface area (Å²) in [5, 5.41) is 12.4. The maximum absolute atomic E-state index is 12.2. The Bertz CT molecular complexity index is 965. The Balaban J connectivity index is 2.27. The molecule has 0 aromatic carbocycles. The molecule has 0 N–H and O–H groups in total. The Morgan fingerprint density at radius 1 is 1.41 bits per heavy atom. The quantitative estimate of drug-likeness (QED) is 0.540. The van der Waals surface area contributed by atoms with E-state index in [0.29, 0.717) is 21.0 Å². The molecule has 0 saturated heterocycles. The maximum Gasteiger partial charge on any atom is 0.300 e. The largest absolute Gasteiger partial charge is 0.618 e. The van der Waals surface area contributed by atoms with Crippen LogP contribution >= 0.6 is 11.3 Å². The number of sulfone groups is 1. The Kier molecular flexibility index (Phi) is 3.57. The first-order valence-corrected chi connectivity index (χ1v) is 9.08. The summed E-state index contributed by atoms with van der Waals surface area (Å²) in [6.07, 6.45) is 2.99. The van der Waals surface area contributed by atoms with Crippen LogP contribution in [0.25, 0.3) is 21.0 Å². The van der Waals surface area contributed by atoms with Crippen molar-refractivity contribution in [3.05, 3.63) is 41.4 Å². The van der Waals surface area contributed by atoms with E-state index in [1.54, 1.807) is 26.0 Å². The molecule has 6 nitrogen and oxygen atoms in total. The molecular formula is C14H13N3O3S2. The smallest absolute Gasteiger partial charge is 0.300 e. The van der Waals surface area contributed by atoms with Crippen LogP contribution in [0.3, 0.4) is 0 Å². The lowest BCUT2D eigenvalue weighted by atomic mass is 10.3. The third-order valence-electron chi connectivity index (χ3n) is 3.21. The van der Waals surface area contributed by atoms with Crippen molar-refractivity contribution in [3.63, 3.8) is 0 Å². The van der Waals surface area contributed by atoms with Crippen LogP contribution in [0, 0.1) is 12.1 Å². The van der Waals surface area contributed by atoms with Crippen LogP contribution < -0.4 is 4.73 Å². The van der Waals surface area contributed by atoms with Gasteiger partial charge in [-0.1, -0.05) is 6.92 Å². The van der Waals surface area contributed by atoms with E-state index in [-0.39, 0.29) is 10.6 Å². The Morgan fingerprint density at radius 2 is 2.18 bits per heavy atom. The fourth-order valence-electron chi connectivity index (χ4n) is 2.13. The monoisotopic (exact) mass is 335 g/mol. The van der Waals surface area contributed by atoms with Gasteiger partial charge in [-0.3, -0.25) is 4.98 Å². The van der Waals surface area contributed by atoms with Gasteiger partial charge in [-0.25, -0.2) is 13.4 Å². The predicted molar refractivity (Wildman–Crippen MR) is 84.3 cm³/mol. The van der Waals surface area contributed by atoms with Gasteiger partial charge in [0.05, 0.1) is 10.6 Å². The van der Waals surface area contributed by atoms with Gasteiger partial charge in [0.25, 0.3) is 0 Å². The fraction of sp³-hybridized carbons (Fsp3) is 0.214. The summed E-state index contributed by atoms with van der Waals surface area (Å²) < 4.78 is 25.2. The highest BCUT2D eigenvalue weighted by Gasteiger charge is 2.22. The van der Waals surface area contributed by atoms with Gasteiger partial charge in [-0.2, -0.15) is 4.73 Å². The topological polar surface area (TPSA) is 86.9 Å². The van der Waals surface area contributed by atoms with E-state index in [2.05, 4.69) is 9.97 Å². The predicted octanol–water partition coefficient (Wildman–Crippen LogP) is 2.09. The molecule has 8 heteroatoms. The number of pyridine rings is 2. The number of rotatable bonds is 3. The van der Waals surface area contributed by atoms with Gasteiger partial charge in [-0.15, -0.1) is 0 Å². The van der Waals surface area contributed by atoms with Crippen LogP contribution in [0.4, 0.5) is 0 Å². The molecule has 22 heavy (non-hydrogen) atoms. The van der Waals surface area contributed by atoms with Gasteiger partial charge in [0.2, 0.25) is 0 Å². The molecule has 0 aliphatic carbocycles. The molecule has 0 atom stereocenters. The number of fused-ring (bicyclic) bond motifs is 1. The highest BCUT2D eigenvalue weighted by molar-refractivity contribution is 7.91. The van der Waals surface area contributed by atoms with Crippen LogP contribution in [0.15, 0.2) is 35.5 Å². The summed E-state index contributed by atoms with van der Waals surface area (Å²) in [5.41, 5.74) is 1.63. The first kappa shape index (κ1) is 14.9. The summed E-state index contributed by atoms with van der Waals surface area (Å²) in [6.45, 7) is 3.39. The van der Waals surface area contributed by atoms with Crippen molar-refractivity contribution in [2.45, 2.75) is 18.7 Å². The molecule has 3 heterocycles. The van der Waals surface area contributed by atoms with Gasteiger partial charge < -0.3 is 5.21 Å². The minimum Gasteiger partial charge on any atom is -0.618 e. The number of nitrogens with zero attached hydrogens (tertiary/aromatic N) is 3. The number of aromatic nitrogens is 3. The van der Waals surface area contributed by atoms with E-state index in [1.807, 2.05) is 0 Å². The van der Waals surface area contributed by atoms with Crippen molar-refractivity contribution >= 4 is 31.5 Å². The number of hydrogen-bond donors (Lipinski definition) is 0. The third-order valence-corrected chi connectivity index (χ3v) is 6.03. The molecule has 0 aliphatic rings. The number of thiazole rings is 1. The van der Waals surface area contributed by atoms with Gasteiger partial charge in [-0.05, 0) is 36.5 Å². The Labute approximate surface area is 131 Å². The normalized spacial score (nSPS) is 11.9. The second kappa shape index (κ2) is 5.29. The lowest BCUT2D eigenvalue weighted by Crippen LogP contribution is -2.25. The second-order valence-corrected chi connectivity index (χ2v) is 8.03. The number of hydrogen-bond acceptors (Lipinski definition) is 6. The van der Waals surface area contributed by atoms with Gasteiger partial charge >= 0.3 is 4.83 Å². The van der Waals surface area contributed by atoms with Gasteiger partial charge in [0.15, 0.2) is 16.0 Å². The van der Waals surface area contributed by atoms with Crippen molar-refractivity contribution in [2.24, 2.45) is 0 Å². The van der Waals surface area contributed by atoms with Crippen LogP contribution in [-0.2, 0) is 9.84 Å². The maximum atomic E-state index is 12.2. The molecule has 0 saturated carbocycles. The molecule has 0 aliphatic heterocycles. The molecule has 3 aromatic rings. The lowest BCUT2D eigenvalue weighted by Gasteiger charge is -2.04. The van der Waals surface area contributed by atoms with Crippen molar-refractivity contribution in [1.82, 2.24) is 9.97 Å². The van der Waals surface area contributed by atoms with E-state index < -0.39 is 9.84 Å². The van der Waals surface area contributed by atoms with Crippen LogP contribution in [0.1, 0.15) is 12.5 Å². The highest BCUT2D eigenvalue weighted by atomic mass is 32.2. The van der Waals surface area contributed by atoms with E-state index in [1.165, 1.54) is 18.5 Å². The van der Waals surface area contributed by atoms with E-state index in [4.69, 9.17) is 0 Å². The van der Waals surface area contributed by atoms with Crippen LogP contribution in [0.2, 0.25) is 0 Å². The lowest BCUT2D eigenvalue weighted by molar-refractivity contribution is -0.575. The average Bonchev–Trinajstić information content (AvgIpc) is 2.91. The standard InChI is InChI=1S/C14H13N3O3S2/c1-3-22(19,20)11-5-4-6-15-12(11)13-16-10-7-9(2)8-17(18)14(10)21-13/h4-8H,3H2,1-2H3. The van der Waals surface area contributed by atoms with Crippen molar-refractivity contribution in [2.75, 3.05) is 5.75 Å².